The number of aromatic nitrogens is 3. The summed E-state index contributed by atoms with van der Waals surface area (Å²) in [6.07, 6.45) is 3.21. The smallest absolute Gasteiger partial charge is 0.261 e. The number of fused-ring (bicyclic) bond motifs is 2. The van der Waals surface area contributed by atoms with E-state index in [4.69, 9.17) is 4.74 Å². The number of aliphatic hydroxyl groups is 2. The largest absolute Gasteiger partial charge is 0.488 e. The molecule has 1 aliphatic carbocycles. The number of carbonyl (C=O) groups is 2. The van der Waals surface area contributed by atoms with Crippen LogP contribution in [0.1, 0.15) is 53.0 Å². The first-order chi connectivity index (χ1) is 16.6. The van der Waals surface area contributed by atoms with Crippen molar-refractivity contribution in [2.24, 2.45) is 0 Å². The molecule has 1 saturated carbocycles. The Morgan fingerprint density at radius 1 is 1.37 bits per heavy atom. The molecule has 0 saturated heterocycles. The molecule has 0 spiro atoms. The van der Waals surface area contributed by atoms with Crippen LogP contribution >= 0.6 is 0 Å². The van der Waals surface area contributed by atoms with Gasteiger partial charge in [0.15, 0.2) is 5.65 Å². The molecule has 0 radical (unpaired) electrons. The third-order valence-corrected chi connectivity index (χ3v) is 6.37. The second-order valence-corrected chi connectivity index (χ2v) is 9.58. The highest BCUT2D eigenvalue weighted by molar-refractivity contribution is 6.09. The van der Waals surface area contributed by atoms with Gasteiger partial charge in [0.25, 0.3) is 11.8 Å². The van der Waals surface area contributed by atoms with E-state index in [0.29, 0.717) is 35.3 Å². The molecule has 0 bridgehead atoms. The van der Waals surface area contributed by atoms with E-state index in [1.165, 1.54) is 29.5 Å². The number of aliphatic hydroxyl groups excluding tert-OH is 1. The molecular formula is C24H26FN5O5. The monoisotopic (exact) mass is 483 g/mol. The predicted molar refractivity (Wildman–Crippen MR) is 123 cm³/mol. The van der Waals surface area contributed by atoms with Crippen LogP contribution in [-0.2, 0) is 6.54 Å². The van der Waals surface area contributed by atoms with E-state index in [1.54, 1.807) is 30.6 Å². The van der Waals surface area contributed by atoms with Crippen molar-refractivity contribution in [2.75, 3.05) is 11.9 Å². The van der Waals surface area contributed by atoms with E-state index < -0.39 is 23.8 Å². The van der Waals surface area contributed by atoms with Gasteiger partial charge < -0.3 is 25.2 Å². The van der Waals surface area contributed by atoms with Crippen LogP contribution in [0.15, 0.2) is 36.8 Å². The summed E-state index contributed by atoms with van der Waals surface area (Å²) < 4.78 is 22.0. The van der Waals surface area contributed by atoms with Crippen LogP contribution in [0.4, 0.5) is 10.1 Å². The Morgan fingerprint density at radius 3 is 2.86 bits per heavy atom. The number of anilines is 1. The fourth-order valence-electron chi connectivity index (χ4n) is 4.15. The van der Waals surface area contributed by atoms with E-state index in [-0.39, 0.29) is 36.4 Å². The Balaban J connectivity index is 1.44. The van der Waals surface area contributed by atoms with Gasteiger partial charge in [0, 0.05) is 37.3 Å². The third kappa shape index (κ3) is 4.44. The van der Waals surface area contributed by atoms with Crippen molar-refractivity contribution < 1.29 is 28.9 Å². The number of alkyl halides is 1. The SMILES string of the molecule is CC(C)(O)C(F)CN1Cc2cc(NC(=O)c3cnn4cccnc34)c(OC3CC(O)C3)cc2C1=O. The van der Waals surface area contributed by atoms with Gasteiger partial charge in [-0.1, -0.05) is 0 Å². The highest BCUT2D eigenvalue weighted by Gasteiger charge is 2.36. The number of nitrogens with one attached hydrogen (secondary N) is 1. The van der Waals surface area contributed by atoms with Crippen molar-refractivity contribution in [3.8, 4) is 5.75 Å². The summed E-state index contributed by atoms with van der Waals surface area (Å²) in [6, 6.07) is 4.89. The van der Waals surface area contributed by atoms with Gasteiger partial charge in [0.05, 0.1) is 30.1 Å². The lowest BCUT2D eigenvalue weighted by Crippen LogP contribution is -2.42. The summed E-state index contributed by atoms with van der Waals surface area (Å²) in [5.74, 6) is -0.549. The molecule has 1 atom stereocenters. The zero-order chi connectivity index (χ0) is 24.9. The van der Waals surface area contributed by atoms with Gasteiger partial charge in [-0.3, -0.25) is 9.59 Å². The number of hydrogen-bond donors (Lipinski definition) is 3. The van der Waals surface area contributed by atoms with Gasteiger partial charge in [-0.05, 0) is 37.6 Å². The number of benzene rings is 1. The molecule has 10 nitrogen and oxygen atoms in total. The number of hydrogen-bond acceptors (Lipinski definition) is 7. The fraction of sp³-hybridized carbons (Fsp3) is 0.417. The first-order valence-electron chi connectivity index (χ1n) is 11.4. The lowest BCUT2D eigenvalue weighted by atomic mass is 9.92. The summed E-state index contributed by atoms with van der Waals surface area (Å²) in [4.78, 5) is 31.6. The normalized spacial score (nSPS) is 20.5. The number of rotatable bonds is 7. The van der Waals surface area contributed by atoms with Crippen LogP contribution in [0.3, 0.4) is 0 Å². The lowest BCUT2D eigenvalue weighted by Gasteiger charge is -2.32. The second-order valence-electron chi connectivity index (χ2n) is 9.58. The van der Waals surface area contributed by atoms with Crippen LogP contribution < -0.4 is 10.1 Å². The molecule has 3 aromatic rings. The Hall–Kier alpha value is -3.57. The summed E-state index contributed by atoms with van der Waals surface area (Å²) in [5, 5.41) is 26.5. The van der Waals surface area contributed by atoms with Gasteiger partial charge in [-0.25, -0.2) is 13.9 Å². The molecule has 2 amide bonds. The maximum absolute atomic E-state index is 14.5. The lowest BCUT2D eigenvalue weighted by molar-refractivity contribution is -0.0160. The summed E-state index contributed by atoms with van der Waals surface area (Å²) in [6.45, 7) is 2.58. The third-order valence-electron chi connectivity index (χ3n) is 6.37. The number of amides is 2. The van der Waals surface area contributed by atoms with Crippen molar-refractivity contribution in [1.29, 1.82) is 0 Å². The molecule has 1 unspecified atom stereocenters. The van der Waals surface area contributed by atoms with Crippen LogP contribution in [0, 0.1) is 0 Å². The molecule has 1 aliphatic heterocycles. The molecule has 184 valence electrons. The molecule has 1 aromatic carbocycles. The number of nitrogens with zero attached hydrogens (tertiary/aromatic N) is 4. The molecule has 5 rings (SSSR count). The van der Waals surface area contributed by atoms with Crippen molar-refractivity contribution in [3.05, 3.63) is 53.5 Å². The predicted octanol–water partition coefficient (Wildman–Crippen LogP) is 1.95. The summed E-state index contributed by atoms with van der Waals surface area (Å²) in [5.41, 5.74) is 0.359. The van der Waals surface area contributed by atoms with E-state index in [2.05, 4.69) is 15.4 Å². The van der Waals surface area contributed by atoms with Crippen molar-refractivity contribution in [2.45, 2.75) is 57.2 Å². The van der Waals surface area contributed by atoms with Gasteiger partial charge in [0.1, 0.15) is 23.6 Å². The molecule has 3 N–H and O–H groups in total. The van der Waals surface area contributed by atoms with E-state index >= 15 is 0 Å². The quantitative estimate of drug-likeness (QED) is 0.468. The number of halogens is 1. The van der Waals surface area contributed by atoms with Gasteiger partial charge in [0.2, 0.25) is 0 Å². The molecule has 2 aliphatic rings. The van der Waals surface area contributed by atoms with Gasteiger partial charge in [-0.15, -0.1) is 0 Å². The minimum absolute atomic E-state index is 0.133. The second kappa shape index (κ2) is 8.58. The zero-order valence-electron chi connectivity index (χ0n) is 19.3. The molecule has 2 aromatic heterocycles. The summed E-state index contributed by atoms with van der Waals surface area (Å²) >= 11 is 0. The van der Waals surface area contributed by atoms with Crippen LogP contribution in [0.2, 0.25) is 0 Å². The van der Waals surface area contributed by atoms with Gasteiger partial charge >= 0.3 is 0 Å². The van der Waals surface area contributed by atoms with Gasteiger partial charge in [-0.2, -0.15) is 5.10 Å². The molecular weight excluding hydrogens is 457 g/mol. The van der Waals surface area contributed by atoms with E-state index in [1.807, 2.05) is 0 Å². The molecule has 35 heavy (non-hydrogen) atoms. The molecule has 3 heterocycles. The van der Waals surface area contributed by atoms with Crippen molar-refractivity contribution in [3.63, 3.8) is 0 Å². The van der Waals surface area contributed by atoms with Crippen LogP contribution in [0.25, 0.3) is 5.65 Å². The topological polar surface area (TPSA) is 129 Å². The minimum atomic E-state index is -1.63. The highest BCUT2D eigenvalue weighted by atomic mass is 19.1. The van der Waals surface area contributed by atoms with Crippen molar-refractivity contribution in [1.82, 2.24) is 19.5 Å². The Labute approximate surface area is 200 Å². The van der Waals surface area contributed by atoms with E-state index in [9.17, 15) is 24.2 Å². The first kappa shape index (κ1) is 23.2. The zero-order valence-corrected chi connectivity index (χ0v) is 19.3. The molecule has 1 fully saturated rings. The van der Waals surface area contributed by atoms with Crippen LogP contribution in [0.5, 0.6) is 5.75 Å². The molecule has 11 heteroatoms. The summed E-state index contributed by atoms with van der Waals surface area (Å²) in [7, 11) is 0. The fourth-order valence-corrected chi connectivity index (χ4v) is 4.15. The van der Waals surface area contributed by atoms with Crippen molar-refractivity contribution >= 4 is 23.1 Å². The maximum Gasteiger partial charge on any atom is 0.261 e. The first-order valence-corrected chi connectivity index (χ1v) is 11.4. The van der Waals surface area contributed by atoms with E-state index in [0.717, 1.165) is 0 Å². The minimum Gasteiger partial charge on any atom is -0.488 e. The Bertz CT molecular complexity index is 1300. The van der Waals surface area contributed by atoms with Crippen LogP contribution in [-0.4, -0.2) is 72.1 Å². The Kier molecular flexibility index (Phi) is 5.68. The Morgan fingerprint density at radius 2 is 2.14 bits per heavy atom. The highest BCUT2D eigenvalue weighted by Crippen LogP contribution is 2.37. The average molecular weight is 484 g/mol. The maximum atomic E-state index is 14.5. The number of ether oxygens (including phenoxy) is 1. The number of carbonyl (C=O) groups excluding carboxylic acids is 2. The average Bonchev–Trinajstić information content (AvgIpc) is 3.34. The standard InChI is InChI=1S/C24H26FN5O5/c1-24(2,34)20(25)12-29-11-13-6-18(19(9-16(13)23(29)33)35-15-7-14(31)8-15)28-22(32)17-10-27-30-5-3-4-26-21(17)30/h3-6,9-10,14-15,20,31,34H,7-8,11-12H2,1-2H3,(H,28,32).